The summed E-state index contributed by atoms with van der Waals surface area (Å²) in [7, 11) is 0. The van der Waals surface area contributed by atoms with E-state index in [1.165, 1.54) is 6.08 Å². The number of ether oxygens (including phenoxy) is 1. The second-order valence-corrected chi connectivity index (χ2v) is 5.67. The summed E-state index contributed by atoms with van der Waals surface area (Å²) in [6.07, 6.45) is 2.84. The lowest BCUT2D eigenvalue weighted by atomic mass is 10.1. The SMILES string of the molecule is O=C(/C=C/c1ccc(OCc2ccccc2)cc1)c1ccc(F)cc1F. The van der Waals surface area contributed by atoms with E-state index in [1.54, 1.807) is 30.3 Å². The van der Waals surface area contributed by atoms with Crippen molar-refractivity contribution in [3.05, 3.63) is 107 Å². The van der Waals surface area contributed by atoms with Crippen LogP contribution in [0.1, 0.15) is 21.5 Å². The maximum atomic E-state index is 13.6. The van der Waals surface area contributed by atoms with Crippen LogP contribution in [-0.2, 0) is 6.61 Å². The lowest BCUT2D eigenvalue weighted by Gasteiger charge is -2.06. The molecule has 0 aliphatic rings. The van der Waals surface area contributed by atoms with Gasteiger partial charge in [0.15, 0.2) is 5.78 Å². The summed E-state index contributed by atoms with van der Waals surface area (Å²) in [4.78, 5) is 12.0. The molecule has 0 spiro atoms. The molecule has 0 aliphatic carbocycles. The molecule has 2 nitrogen and oxygen atoms in total. The van der Waals surface area contributed by atoms with Gasteiger partial charge in [-0.15, -0.1) is 0 Å². The topological polar surface area (TPSA) is 26.3 Å². The third-order valence-electron chi connectivity index (χ3n) is 3.75. The first-order chi connectivity index (χ1) is 12.6. The van der Waals surface area contributed by atoms with Crippen molar-refractivity contribution in [2.24, 2.45) is 0 Å². The number of carbonyl (C=O) groups excluding carboxylic acids is 1. The number of benzene rings is 3. The summed E-state index contributed by atoms with van der Waals surface area (Å²) in [5.74, 6) is -1.40. The highest BCUT2D eigenvalue weighted by molar-refractivity contribution is 6.06. The number of carbonyl (C=O) groups is 1. The molecular weight excluding hydrogens is 334 g/mol. The van der Waals surface area contributed by atoms with Crippen molar-refractivity contribution in [1.82, 2.24) is 0 Å². The molecule has 0 aromatic heterocycles. The van der Waals surface area contributed by atoms with Crippen molar-refractivity contribution in [1.29, 1.82) is 0 Å². The maximum absolute atomic E-state index is 13.6. The van der Waals surface area contributed by atoms with Crippen molar-refractivity contribution in [3.8, 4) is 5.75 Å². The highest BCUT2D eigenvalue weighted by atomic mass is 19.1. The van der Waals surface area contributed by atoms with Crippen LogP contribution in [0, 0.1) is 11.6 Å². The molecule has 0 unspecified atom stereocenters. The summed E-state index contributed by atoms with van der Waals surface area (Å²) >= 11 is 0. The third-order valence-corrected chi connectivity index (χ3v) is 3.75. The van der Waals surface area contributed by atoms with Crippen LogP contribution in [-0.4, -0.2) is 5.78 Å². The van der Waals surface area contributed by atoms with Gasteiger partial charge in [0.1, 0.15) is 24.0 Å². The molecule has 3 aromatic rings. The minimum Gasteiger partial charge on any atom is -0.489 e. The normalized spacial score (nSPS) is 10.8. The Morgan fingerprint density at radius 3 is 2.35 bits per heavy atom. The summed E-state index contributed by atoms with van der Waals surface area (Å²) in [6.45, 7) is 0.471. The molecule has 130 valence electrons. The van der Waals surface area contributed by atoms with Gasteiger partial charge in [0, 0.05) is 6.07 Å². The van der Waals surface area contributed by atoms with Gasteiger partial charge < -0.3 is 4.74 Å². The zero-order valence-corrected chi connectivity index (χ0v) is 13.9. The van der Waals surface area contributed by atoms with E-state index in [4.69, 9.17) is 4.74 Å². The fourth-order valence-electron chi connectivity index (χ4n) is 2.37. The smallest absolute Gasteiger partial charge is 0.188 e. The average molecular weight is 350 g/mol. The molecule has 0 amide bonds. The minimum atomic E-state index is -0.871. The number of allylic oxidation sites excluding steroid dienone is 1. The average Bonchev–Trinajstić information content (AvgIpc) is 2.66. The molecule has 0 fully saturated rings. The molecular formula is C22H16F2O2. The molecule has 0 bridgehead atoms. The molecule has 3 aromatic carbocycles. The number of hydrogen-bond acceptors (Lipinski definition) is 2. The maximum Gasteiger partial charge on any atom is 0.188 e. The minimum absolute atomic E-state index is 0.162. The van der Waals surface area contributed by atoms with E-state index in [2.05, 4.69) is 0 Å². The van der Waals surface area contributed by atoms with E-state index in [0.29, 0.717) is 18.4 Å². The molecule has 0 radical (unpaired) electrons. The Bertz CT molecular complexity index is 917. The van der Waals surface area contributed by atoms with Gasteiger partial charge in [-0.3, -0.25) is 4.79 Å². The first kappa shape index (κ1) is 17.5. The molecule has 3 rings (SSSR count). The van der Waals surface area contributed by atoms with Gasteiger partial charge in [-0.25, -0.2) is 8.78 Å². The van der Waals surface area contributed by atoms with Crippen LogP contribution in [0.2, 0.25) is 0 Å². The Balaban J connectivity index is 1.61. The Kier molecular flexibility index (Phi) is 5.54. The second kappa shape index (κ2) is 8.21. The van der Waals surface area contributed by atoms with Gasteiger partial charge in [0.05, 0.1) is 5.56 Å². The number of halogens is 2. The Hall–Kier alpha value is -3.27. The molecule has 0 saturated carbocycles. The van der Waals surface area contributed by atoms with Gasteiger partial charge in [0.2, 0.25) is 0 Å². The van der Waals surface area contributed by atoms with E-state index in [-0.39, 0.29) is 5.56 Å². The van der Waals surface area contributed by atoms with Crippen LogP contribution in [0.15, 0.2) is 78.9 Å². The quantitative estimate of drug-likeness (QED) is 0.437. The van der Waals surface area contributed by atoms with Crippen LogP contribution in [0.4, 0.5) is 8.78 Å². The first-order valence-electron chi connectivity index (χ1n) is 8.06. The van der Waals surface area contributed by atoms with E-state index >= 15 is 0 Å². The Labute approximate surface area is 150 Å². The van der Waals surface area contributed by atoms with Crippen molar-refractivity contribution >= 4 is 11.9 Å². The van der Waals surface area contributed by atoms with Crippen LogP contribution < -0.4 is 4.74 Å². The van der Waals surface area contributed by atoms with Crippen molar-refractivity contribution < 1.29 is 18.3 Å². The van der Waals surface area contributed by atoms with Crippen LogP contribution in [0.25, 0.3) is 6.08 Å². The lowest BCUT2D eigenvalue weighted by molar-refractivity contribution is 0.104. The summed E-state index contributed by atoms with van der Waals surface area (Å²) in [5.41, 5.74) is 1.68. The molecule has 0 atom stereocenters. The first-order valence-corrected chi connectivity index (χ1v) is 8.06. The monoisotopic (exact) mass is 350 g/mol. The lowest BCUT2D eigenvalue weighted by Crippen LogP contribution is -1.99. The molecule has 0 heterocycles. The van der Waals surface area contributed by atoms with Gasteiger partial charge in [-0.1, -0.05) is 48.5 Å². The van der Waals surface area contributed by atoms with Crippen molar-refractivity contribution in [2.45, 2.75) is 6.61 Å². The van der Waals surface area contributed by atoms with Gasteiger partial charge in [-0.2, -0.15) is 0 Å². The molecule has 26 heavy (non-hydrogen) atoms. The van der Waals surface area contributed by atoms with Gasteiger partial charge >= 0.3 is 0 Å². The van der Waals surface area contributed by atoms with E-state index in [9.17, 15) is 13.6 Å². The highest BCUT2D eigenvalue weighted by Gasteiger charge is 2.09. The summed E-state index contributed by atoms with van der Waals surface area (Å²) in [6, 6.07) is 19.9. The number of rotatable bonds is 6. The summed E-state index contributed by atoms with van der Waals surface area (Å²) in [5, 5.41) is 0. The fraction of sp³-hybridized carbons (Fsp3) is 0.0455. The zero-order valence-electron chi connectivity index (χ0n) is 13.9. The molecule has 0 N–H and O–H groups in total. The predicted molar refractivity (Wildman–Crippen MR) is 96.9 cm³/mol. The van der Waals surface area contributed by atoms with Crippen molar-refractivity contribution in [2.75, 3.05) is 0 Å². The molecule has 0 saturated heterocycles. The predicted octanol–water partition coefficient (Wildman–Crippen LogP) is 5.44. The number of ketones is 1. The van der Waals surface area contributed by atoms with E-state index in [1.807, 2.05) is 30.3 Å². The van der Waals surface area contributed by atoms with Crippen molar-refractivity contribution in [3.63, 3.8) is 0 Å². The van der Waals surface area contributed by atoms with E-state index < -0.39 is 17.4 Å². The Morgan fingerprint density at radius 2 is 1.65 bits per heavy atom. The molecule has 0 aliphatic heterocycles. The fourth-order valence-corrected chi connectivity index (χ4v) is 2.37. The van der Waals surface area contributed by atoms with Crippen LogP contribution in [0.5, 0.6) is 5.75 Å². The standard InChI is InChI=1S/C22H16F2O2/c23-18-9-12-20(21(24)14-18)22(25)13-8-16-6-10-19(11-7-16)26-15-17-4-2-1-3-5-17/h1-14H,15H2/b13-8+. The zero-order chi connectivity index (χ0) is 18.4. The van der Waals surface area contributed by atoms with Crippen LogP contribution in [0.3, 0.4) is 0 Å². The third kappa shape index (κ3) is 4.63. The van der Waals surface area contributed by atoms with Crippen LogP contribution >= 0.6 is 0 Å². The number of hydrogen-bond donors (Lipinski definition) is 0. The van der Waals surface area contributed by atoms with Gasteiger partial charge in [0.25, 0.3) is 0 Å². The molecule has 4 heteroatoms. The second-order valence-electron chi connectivity index (χ2n) is 5.67. The van der Waals surface area contributed by atoms with E-state index in [0.717, 1.165) is 23.3 Å². The van der Waals surface area contributed by atoms with Gasteiger partial charge in [-0.05, 0) is 41.5 Å². The Morgan fingerprint density at radius 1 is 0.923 bits per heavy atom. The largest absolute Gasteiger partial charge is 0.489 e. The highest BCUT2D eigenvalue weighted by Crippen LogP contribution is 2.16. The summed E-state index contributed by atoms with van der Waals surface area (Å²) < 4.78 is 32.2.